The highest BCUT2D eigenvalue weighted by atomic mass is 16.7. The fourth-order valence-electron chi connectivity index (χ4n) is 4.28. The molecule has 8 nitrogen and oxygen atoms in total. The topological polar surface area (TPSA) is 108 Å². The van der Waals surface area contributed by atoms with E-state index >= 15 is 0 Å². The van der Waals surface area contributed by atoms with Crippen molar-refractivity contribution in [1.82, 2.24) is 0 Å². The highest BCUT2D eigenvalue weighted by molar-refractivity contribution is 5.67. The van der Waals surface area contributed by atoms with Gasteiger partial charge in [0.25, 0.3) is 0 Å². The van der Waals surface area contributed by atoms with Gasteiger partial charge in [-0.3, -0.25) is 14.4 Å². The number of hydrogen-bond acceptors (Lipinski definition) is 8. The van der Waals surface area contributed by atoms with E-state index in [-0.39, 0.29) is 18.5 Å². The maximum absolute atomic E-state index is 12.0. The summed E-state index contributed by atoms with van der Waals surface area (Å²) in [4.78, 5) is 34.8. The molecule has 8 heteroatoms. The van der Waals surface area contributed by atoms with Crippen LogP contribution in [0.5, 0.6) is 0 Å². The van der Waals surface area contributed by atoms with E-state index in [1.807, 2.05) is 26.0 Å². The summed E-state index contributed by atoms with van der Waals surface area (Å²) >= 11 is 0. The Labute approximate surface area is 201 Å². The van der Waals surface area contributed by atoms with Crippen LogP contribution in [0.4, 0.5) is 0 Å². The van der Waals surface area contributed by atoms with E-state index in [1.165, 1.54) is 27.0 Å². The van der Waals surface area contributed by atoms with Crippen LogP contribution in [0.2, 0.25) is 0 Å². The number of carbonyl (C=O) groups is 3. The van der Waals surface area contributed by atoms with Crippen molar-refractivity contribution in [2.75, 3.05) is 6.61 Å². The number of ether oxygens (including phenoxy) is 4. The summed E-state index contributed by atoms with van der Waals surface area (Å²) in [6.07, 6.45) is 5.10. The SMILES string of the molecule is C=C1[C@@H]2[C@@H](OC(C)=O)OC=C(C(C/C=C(\C)COC(C)=O)OC(C)=O)[C@H]2CC/C(C)=C/C[C@H]1O. The van der Waals surface area contributed by atoms with Crippen molar-refractivity contribution >= 4 is 17.9 Å². The average molecular weight is 477 g/mol. The van der Waals surface area contributed by atoms with E-state index in [2.05, 4.69) is 6.58 Å². The maximum Gasteiger partial charge on any atom is 0.305 e. The molecule has 0 spiro atoms. The summed E-state index contributed by atoms with van der Waals surface area (Å²) in [6.45, 7) is 12.1. The minimum Gasteiger partial charge on any atom is -0.462 e. The fraction of sp³-hybridized carbons (Fsp3) is 0.577. The lowest BCUT2D eigenvalue weighted by atomic mass is 9.73. The monoisotopic (exact) mass is 476 g/mol. The molecule has 0 fully saturated rings. The molecule has 1 aliphatic carbocycles. The van der Waals surface area contributed by atoms with E-state index in [0.29, 0.717) is 24.8 Å². The van der Waals surface area contributed by atoms with Crippen LogP contribution >= 0.6 is 0 Å². The quantitative estimate of drug-likeness (QED) is 0.335. The first kappa shape index (κ1) is 27.4. The molecule has 0 bridgehead atoms. The standard InChI is InChI=1S/C26H36O8/c1-15-7-10-21-22(24(33-19(5)28)12-9-16(2)13-31-18(4)27)14-32-26(34-20(6)29)25(21)17(3)23(30)11-8-15/h8-9,14,21,23-26,30H,3,7,10-13H2,1-2,4-6H3/b15-8+,16-9+/t21-,23-,24?,25+,26-/m1/s1. The number of aliphatic hydroxyl groups excluding tert-OH is 1. The lowest BCUT2D eigenvalue weighted by Gasteiger charge is -2.41. The molecule has 188 valence electrons. The van der Waals surface area contributed by atoms with Crippen molar-refractivity contribution in [2.45, 2.75) is 78.8 Å². The zero-order valence-corrected chi connectivity index (χ0v) is 20.7. The molecule has 0 amide bonds. The number of esters is 3. The Morgan fingerprint density at radius 2 is 1.91 bits per heavy atom. The molecule has 5 atom stereocenters. The van der Waals surface area contributed by atoms with Crippen molar-refractivity contribution in [3.63, 3.8) is 0 Å². The molecule has 0 radical (unpaired) electrons. The van der Waals surface area contributed by atoms with Crippen molar-refractivity contribution < 1.29 is 38.4 Å². The van der Waals surface area contributed by atoms with Gasteiger partial charge in [-0.25, -0.2) is 0 Å². The number of aliphatic hydroxyl groups is 1. The Morgan fingerprint density at radius 1 is 1.21 bits per heavy atom. The Morgan fingerprint density at radius 3 is 2.53 bits per heavy atom. The van der Waals surface area contributed by atoms with Crippen molar-refractivity contribution in [3.05, 3.63) is 47.3 Å². The molecule has 0 aromatic rings. The van der Waals surface area contributed by atoms with Crippen molar-refractivity contribution in [3.8, 4) is 0 Å². The van der Waals surface area contributed by atoms with Gasteiger partial charge in [-0.05, 0) is 44.3 Å². The second-order valence-corrected chi connectivity index (χ2v) is 8.94. The number of hydrogen-bond donors (Lipinski definition) is 1. The molecule has 1 heterocycles. The number of allylic oxidation sites excluding steroid dienone is 1. The molecular weight excluding hydrogens is 440 g/mol. The Hall–Kier alpha value is -2.87. The predicted molar refractivity (Wildman–Crippen MR) is 125 cm³/mol. The van der Waals surface area contributed by atoms with E-state index < -0.39 is 36.4 Å². The summed E-state index contributed by atoms with van der Waals surface area (Å²) in [6, 6.07) is 0. The molecule has 0 aromatic carbocycles. The lowest BCUT2D eigenvalue weighted by molar-refractivity contribution is -0.182. The summed E-state index contributed by atoms with van der Waals surface area (Å²) in [7, 11) is 0. The number of carbonyl (C=O) groups excluding carboxylic acids is 3. The van der Waals surface area contributed by atoms with Gasteiger partial charge in [0.1, 0.15) is 12.7 Å². The van der Waals surface area contributed by atoms with Gasteiger partial charge in [0.15, 0.2) is 0 Å². The molecular formula is C26H36O8. The second-order valence-electron chi connectivity index (χ2n) is 8.94. The average Bonchev–Trinajstić information content (AvgIpc) is 2.80. The maximum atomic E-state index is 12.0. The zero-order chi connectivity index (χ0) is 25.4. The van der Waals surface area contributed by atoms with E-state index in [1.54, 1.807) is 0 Å². The number of rotatable bonds is 7. The predicted octanol–water partition coefficient (Wildman–Crippen LogP) is 3.90. The van der Waals surface area contributed by atoms with Crippen LogP contribution in [0.15, 0.2) is 47.3 Å². The molecule has 0 saturated carbocycles. The fourth-order valence-corrected chi connectivity index (χ4v) is 4.28. The van der Waals surface area contributed by atoms with Crippen LogP contribution in [-0.2, 0) is 33.3 Å². The lowest BCUT2D eigenvalue weighted by Crippen LogP contribution is -2.43. The second kappa shape index (κ2) is 12.6. The Kier molecular flexibility index (Phi) is 10.1. The van der Waals surface area contributed by atoms with E-state index in [9.17, 15) is 19.5 Å². The third kappa shape index (κ3) is 7.87. The van der Waals surface area contributed by atoms with E-state index in [4.69, 9.17) is 18.9 Å². The molecule has 2 aliphatic rings. The zero-order valence-electron chi connectivity index (χ0n) is 20.7. The van der Waals surface area contributed by atoms with Crippen molar-refractivity contribution in [2.24, 2.45) is 11.8 Å². The first-order valence-corrected chi connectivity index (χ1v) is 11.5. The van der Waals surface area contributed by atoms with Crippen LogP contribution in [0.3, 0.4) is 0 Å². The van der Waals surface area contributed by atoms with E-state index in [0.717, 1.165) is 23.1 Å². The van der Waals surface area contributed by atoms with Crippen LogP contribution in [-0.4, -0.2) is 48.1 Å². The van der Waals surface area contributed by atoms with Gasteiger partial charge >= 0.3 is 17.9 Å². The van der Waals surface area contributed by atoms with Gasteiger partial charge in [-0.1, -0.05) is 24.3 Å². The Balaban J connectivity index is 2.43. The molecule has 2 rings (SSSR count). The first-order chi connectivity index (χ1) is 16.0. The van der Waals surface area contributed by atoms with Gasteiger partial charge in [-0.15, -0.1) is 0 Å². The smallest absolute Gasteiger partial charge is 0.305 e. The van der Waals surface area contributed by atoms with Crippen molar-refractivity contribution in [1.29, 1.82) is 0 Å². The Bertz CT molecular complexity index is 881. The number of fused-ring (bicyclic) bond motifs is 1. The minimum atomic E-state index is -0.939. The first-order valence-electron chi connectivity index (χ1n) is 11.5. The largest absolute Gasteiger partial charge is 0.462 e. The highest BCUT2D eigenvalue weighted by Crippen LogP contribution is 2.43. The summed E-state index contributed by atoms with van der Waals surface area (Å²) in [5.41, 5.74) is 3.18. The van der Waals surface area contributed by atoms with Crippen LogP contribution in [0.25, 0.3) is 0 Å². The highest BCUT2D eigenvalue weighted by Gasteiger charge is 2.44. The molecule has 1 unspecified atom stereocenters. The molecule has 34 heavy (non-hydrogen) atoms. The summed E-state index contributed by atoms with van der Waals surface area (Å²) < 4.78 is 22.0. The van der Waals surface area contributed by atoms with Gasteiger partial charge in [0, 0.05) is 38.7 Å². The molecule has 0 aromatic heterocycles. The molecule has 0 saturated heterocycles. The minimum absolute atomic E-state index is 0.144. The van der Waals surface area contributed by atoms with Crippen LogP contribution in [0.1, 0.15) is 60.3 Å². The summed E-state index contributed by atoms with van der Waals surface area (Å²) in [5, 5.41) is 10.8. The van der Waals surface area contributed by atoms with Gasteiger partial charge < -0.3 is 24.1 Å². The summed E-state index contributed by atoms with van der Waals surface area (Å²) in [5.74, 6) is -2.08. The van der Waals surface area contributed by atoms with Crippen LogP contribution < -0.4 is 0 Å². The van der Waals surface area contributed by atoms with Crippen LogP contribution in [0, 0.1) is 11.8 Å². The van der Waals surface area contributed by atoms with Gasteiger partial charge in [0.05, 0.1) is 18.3 Å². The molecule has 1 N–H and O–H groups in total. The normalized spacial score (nSPS) is 27.8. The van der Waals surface area contributed by atoms with Gasteiger partial charge in [-0.2, -0.15) is 0 Å². The molecule has 1 aliphatic heterocycles. The van der Waals surface area contributed by atoms with Gasteiger partial charge in [0.2, 0.25) is 6.29 Å². The third-order valence-electron chi connectivity index (χ3n) is 6.03. The third-order valence-corrected chi connectivity index (χ3v) is 6.03.